The molecule has 146 valence electrons. The molecule has 9 heteroatoms. The van der Waals surface area contributed by atoms with Crippen molar-refractivity contribution in [2.75, 3.05) is 11.1 Å². The number of esters is 1. The molecule has 2 rings (SSSR count). The number of nitrogens with one attached hydrogen (secondary N) is 1. The van der Waals surface area contributed by atoms with Crippen LogP contribution in [0.3, 0.4) is 0 Å². The lowest BCUT2D eigenvalue weighted by Gasteiger charge is -2.14. The Morgan fingerprint density at radius 2 is 1.86 bits per heavy atom. The summed E-state index contributed by atoms with van der Waals surface area (Å²) in [5, 5.41) is 13.2. The summed E-state index contributed by atoms with van der Waals surface area (Å²) in [4.78, 5) is 46.3. The largest absolute Gasteiger partial charge is 0.452 e. The van der Waals surface area contributed by atoms with Crippen molar-refractivity contribution < 1.29 is 24.0 Å². The van der Waals surface area contributed by atoms with Gasteiger partial charge in [-0.25, -0.2) is 0 Å². The molecule has 0 heterocycles. The molecule has 1 amide bonds. The smallest absolute Gasteiger partial charge is 0.317 e. The molecular formula is C19H18N2O6S. The quantitative estimate of drug-likeness (QED) is 0.236. The standard InChI is InChI=1S/C19H18N2O6S/c1-12(22)14-4-3-5-15(10-14)20-19(24)13(2)27-18(23)11-28-17-8-6-16(7-9-17)21(25)26/h3-10,13H,11H2,1-2H3,(H,20,24)/t13-/m0/s1. The molecule has 0 unspecified atom stereocenters. The molecule has 0 aromatic heterocycles. The van der Waals surface area contributed by atoms with Gasteiger partial charge in [-0.3, -0.25) is 24.5 Å². The molecule has 28 heavy (non-hydrogen) atoms. The van der Waals surface area contributed by atoms with Crippen molar-refractivity contribution in [3.8, 4) is 0 Å². The SMILES string of the molecule is CC(=O)c1cccc(NC(=O)[C@H](C)OC(=O)CSc2ccc([N+](=O)[O-])cc2)c1. The van der Waals surface area contributed by atoms with Crippen LogP contribution in [0, 0.1) is 10.1 Å². The van der Waals surface area contributed by atoms with Crippen molar-refractivity contribution in [3.63, 3.8) is 0 Å². The lowest BCUT2D eigenvalue weighted by Crippen LogP contribution is -2.30. The van der Waals surface area contributed by atoms with Crippen molar-refractivity contribution in [1.29, 1.82) is 0 Å². The highest BCUT2D eigenvalue weighted by atomic mass is 32.2. The van der Waals surface area contributed by atoms with Gasteiger partial charge in [0.2, 0.25) is 0 Å². The minimum absolute atomic E-state index is 0.0361. The molecule has 0 aliphatic carbocycles. The van der Waals surface area contributed by atoms with Gasteiger partial charge in [0.1, 0.15) is 0 Å². The molecule has 2 aromatic carbocycles. The summed E-state index contributed by atoms with van der Waals surface area (Å²) in [6.45, 7) is 2.87. The number of amides is 1. The molecule has 2 aromatic rings. The van der Waals surface area contributed by atoms with Gasteiger partial charge in [0.25, 0.3) is 11.6 Å². The van der Waals surface area contributed by atoms with E-state index in [2.05, 4.69) is 5.32 Å². The summed E-state index contributed by atoms with van der Waals surface area (Å²) in [6.07, 6.45) is -1.02. The highest BCUT2D eigenvalue weighted by molar-refractivity contribution is 8.00. The maximum atomic E-state index is 12.2. The maximum Gasteiger partial charge on any atom is 0.317 e. The first-order chi connectivity index (χ1) is 13.3. The summed E-state index contributed by atoms with van der Waals surface area (Å²) >= 11 is 1.15. The van der Waals surface area contributed by atoms with Gasteiger partial charge in [0, 0.05) is 28.3 Å². The van der Waals surface area contributed by atoms with Gasteiger partial charge < -0.3 is 10.1 Å². The van der Waals surface area contributed by atoms with E-state index in [4.69, 9.17) is 4.74 Å². The number of rotatable bonds is 8. The van der Waals surface area contributed by atoms with Crippen molar-refractivity contribution in [2.24, 2.45) is 0 Å². The fourth-order valence-corrected chi connectivity index (χ4v) is 2.83. The van der Waals surface area contributed by atoms with Gasteiger partial charge >= 0.3 is 5.97 Å². The zero-order valence-electron chi connectivity index (χ0n) is 15.2. The van der Waals surface area contributed by atoms with E-state index in [1.54, 1.807) is 24.3 Å². The van der Waals surface area contributed by atoms with Crippen molar-refractivity contribution in [3.05, 3.63) is 64.2 Å². The molecule has 0 aliphatic rings. The Morgan fingerprint density at radius 1 is 1.18 bits per heavy atom. The zero-order valence-corrected chi connectivity index (χ0v) is 16.0. The van der Waals surface area contributed by atoms with Crippen LogP contribution in [0.25, 0.3) is 0 Å². The fraction of sp³-hybridized carbons (Fsp3) is 0.211. The van der Waals surface area contributed by atoms with E-state index in [-0.39, 0.29) is 17.2 Å². The van der Waals surface area contributed by atoms with Gasteiger partial charge in [-0.15, -0.1) is 11.8 Å². The average Bonchev–Trinajstić information content (AvgIpc) is 2.66. The first kappa shape index (κ1) is 21.1. The molecule has 0 spiro atoms. The maximum absolute atomic E-state index is 12.2. The molecule has 1 N–H and O–H groups in total. The molecule has 1 atom stereocenters. The van der Waals surface area contributed by atoms with E-state index >= 15 is 0 Å². The number of hydrogen-bond donors (Lipinski definition) is 1. The average molecular weight is 402 g/mol. The van der Waals surface area contributed by atoms with E-state index in [1.165, 1.54) is 38.1 Å². The molecule has 0 aliphatic heterocycles. The van der Waals surface area contributed by atoms with Crippen molar-refractivity contribution in [2.45, 2.75) is 24.8 Å². The number of Topliss-reactive ketones (excluding diaryl/α,β-unsaturated/α-hetero) is 1. The number of carbonyl (C=O) groups excluding carboxylic acids is 3. The van der Waals surface area contributed by atoms with Gasteiger partial charge in [0.15, 0.2) is 11.9 Å². The van der Waals surface area contributed by atoms with Gasteiger partial charge in [0.05, 0.1) is 10.7 Å². The summed E-state index contributed by atoms with van der Waals surface area (Å²) in [7, 11) is 0. The monoisotopic (exact) mass is 402 g/mol. The van der Waals surface area contributed by atoms with E-state index in [1.807, 2.05) is 0 Å². The van der Waals surface area contributed by atoms with Crippen LogP contribution in [0.1, 0.15) is 24.2 Å². The van der Waals surface area contributed by atoms with Crippen LogP contribution in [0.15, 0.2) is 53.4 Å². The number of thioether (sulfide) groups is 1. The minimum atomic E-state index is -1.02. The van der Waals surface area contributed by atoms with Crippen LogP contribution in [0.4, 0.5) is 11.4 Å². The Hall–Kier alpha value is -3.20. The summed E-state index contributed by atoms with van der Waals surface area (Å²) in [6, 6.07) is 12.2. The van der Waals surface area contributed by atoms with Crippen LogP contribution in [0.2, 0.25) is 0 Å². The van der Waals surface area contributed by atoms with E-state index in [0.29, 0.717) is 16.1 Å². The molecular weight excluding hydrogens is 384 g/mol. The molecule has 0 saturated heterocycles. The number of anilines is 1. The lowest BCUT2D eigenvalue weighted by atomic mass is 10.1. The van der Waals surface area contributed by atoms with Gasteiger partial charge in [-0.05, 0) is 38.1 Å². The van der Waals surface area contributed by atoms with E-state index < -0.39 is 22.9 Å². The molecule has 0 bridgehead atoms. The Balaban J connectivity index is 1.84. The van der Waals surface area contributed by atoms with Crippen molar-refractivity contribution >= 4 is 40.8 Å². The predicted octanol–water partition coefficient (Wildman–Crippen LogP) is 3.46. The highest BCUT2D eigenvalue weighted by Gasteiger charge is 2.18. The Kier molecular flexibility index (Phi) is 7.28. The van der Waals surface area contributed by atoms with Gasteiger partial charge in [-0.1, -0.05) is 12.1 Å². The minimum Gasteiger partial charge on any atom is -0.452 e. The third kappa shape index (κ3) is 6.20. The van der Waals surface area contributed by atoms with Crippen LogP contribution in [0.5, 0.6) is 0 Å². The summed E-state index contributed by atoms with van der Waals surface area (Å²) in [5.41, 5.74) is 0.855. The Labute approximate surface area is 165 Å². The first-order valence-electron chi connectivity index (χ1n) is 8.25. The van der Waals surface area contributed by atoms with Crippen LogP contribution < -0.4 is 5.32 Å². The second-order valence-electron chi connectivity index (χ2n) is 5.80. The van der Waals surface area contributed by atoms with E-state index in [9.17, 15) is 24.5 Å². The normalized spacial score (nSPS) is 11.4. The van der Waals surface area contributed by atoms with Crippen molar-refractivity contribution in [1.82, 2.24) is 0 Å². The predicted molar refractivity (Wildman–Crippen MR) is 104 cm³/mol. The molecule has 0 fully saturated rings. The number of nitro benzene ring substituents is 1. The number of ketones is 1. The van der Waals surface area contributed by atoms with Crippen LogP contribution in [-0.4, -0.2) is 34.4 Å². The number of benzene rings is 2. The van der Waals surface area contributed by atoms with Gasteiger partial charge in [-0.2, -0.15) is 0 Å². The van der Waals surface area contributed by atoms with Crippen LogP contribution >= 0.6 is 11.8 Å². The Bertz CT molecular complexity index is 898. The third-order valence-electron chi connectivity index (χ3n) is 3.62. The number of nitro groups is 1. The number of ether oxygens (including phenoxy) is 1. The van der Waals surface area contributed by atoms with E-state index in [0.717, 1.165) is 11.8 Å². The highest BCUT2D eigenvalue weighted by Crippen LogP contribution is 2.21. The fourth-order valence-electron chi connectivity index (χ4n) is 2.15. The lowest BCUT2D eigenvalue weighted by molar-refractivity contribution is -0.384. The number of non-ortho nitro benzene ring substituents is 1. The third-order valence-corrected chi connectivity index (χ3v) is 4.60. The van der Waals surface area contributed by atoms with Crippen LogP contribution in [-0.2, 0) is 14.3 Å². The first-order valence-corrected chi connectivity index (χ1v) is 9.23. The number of carbonyl (C=O) groups is 3. The summed E-state index contributed by atoms with van der Waals surface area (Å²) in [5.74, 6) is -1.29. The number of hydrogen-bond acceptors (Lipinski definition) is 7. The number of nitrogens with zero attached hydrogens (tertiary/aromatic N) is 1. The zero-order chi connectivity index (χ0) is 20.7. The Morgan fingerprint density at radius 3 is 2.46 bits per heavy atom. The topological polar surface area (TPSA) is 116 Å². The molecule has 0 radical (unpaired) electrons. The second-order valence-corrected chi connectivity index (χ2v) is 6.85. The summed E-state index contributed by atoms with van der Waals surface area (Å²) < 4.78 is 5.10. The molecule has 0 saturated carbocycles. The molecule has 8 nitrogen and oxygen atoms in total. The second kappa shape index (κ2) is 9.65.